The van der Waals surface area contributed by atoms with E-state index in [9.17, 15) is 0 Å². The Kier molecular flexibility index (Phi) is 4.35. The van der Waals surface area contributed by atoms with E-state index in [0.29, 0.717) is 5.41 Å². The molecule has 0 N–H and O–H groups in total. The Morgan fingerprint density at radius 1 is 1.13 bits per heavy atom. The molecule has 3 rings (SSSR count). The van der Waals surface area contributed by atoms with Gasteiger partial charge >= 0.3 is 0 Å². The zero-order chi connectivity index (χ0) is 16.7. The molecule has 2 aliphatic carbocycles. The first-order valence-electron chi connectivity index (χ1n) is 9.13. The lowest BCUT2D eigenvalue weighted by Gasteiger charge is -2.49. The van der Waals surface area contributed by atoms with E-state index in [-0.39, 0.29) is 11.0 Å². The first-order chi connectivity index (χ1) is 10.8. The van der Waals surface area contributed by atoms with E-state index in [0.717, 1.165) is 25.5 Å². The summed E-state index contributed by atoms with van der Waals surface area (Å²) in [6.07, 6.45) is 4.95. The van der Waals surface area contributed by atoms with Crippen LogP contribution in [-0.2, 0) is 11.2 Å². The molecular weight excluding hydrogens is 282 g/mol. The van der Waals surface area contributed by atoms with Gasteiger partial charge in [0.1, 0.15) is 0 Å². The van der Waals surface area contributed by atoms with Gasteiger partial charge in [0.15, 0.2) is 0 Å². The van der Waals surface area contributed by atoms with Crippen molar-refractivity contribution in [1.29, 1.82) is 0 Å². The standard InChI is InChI=1S/C21H33NO/c1-19(2)18-11-12-20(19,3)21(16-18,23-14-13-22(4)5)15-17-9-7-6-8-10-17/h6-10,18H,11-16H2,1-5H3/t18-,20+,21-/m0/s1. The summed E-state index contributed by atoms with van der Waals surface area (Å²) < 4.78 is 6.74. The van der Waals surface area contributed by atoms with Gasteiger partial charge in [-0.05, 0) is 50.3 Å². The Morgan fingerprint density at radius 3 is 2.35 bits per heavy atom. The first kappa shape index (κ1) is 17.0. The number of likely N-dealkylation sites (N-methyl/N-ethyl adjacent to an activating group) is 1. The molecule has 2 fully saturated rings. The van der Waals surface area contributed by atoms with Gasteiger partial charge in [-0.2, -0.15) is 0 Å². The summed E-state index contributed by atoms with van der Waals surface area (Å²) in [6.45, 7) is 9.29. The van der Waals surface area contributed by atoms with Crippen LogP contribution in [0.3, 0.4) is 0 Å². The fraction of sp³-hybridized carbons (Fsp3) is 0.714. The molecule has 1 aromatic rings. The highest BCUT2D eigenvalue weighted by Crippen LogP contribution is 2.71. The van der Waals surface area contributed by atoms with Gasteiger partial charge < -0.3 is 9.64 Å². The summed E-state index contributed by atoms with van der Waals surface area (Å²) in [5, 5.41) is 0. The molecule has 2 saturated carbocycles. The molecule has 0 aliphatic heterocycles. The molecule has 0 radical (unpaired) electrons. The second-order valence-corrected chi connectivity index (χ2v) is 8.80. The molecule has 2 heteroatoms. The van der Waals surface area contributed by atoms with Crippen molar-refractivity contribution < 1.29 is 4.74 Å². The summed E-state index contributed by atoms with van der Waals surface area (Å²) in [5.41, 5.74) is 2.06. The van der Waals surface area contributed by atoms with Crippen LogP contribution in [-0.4, -0.2) is 37.7 Å². The molecule has 0 amide bonds. The lowest BCUT2D eigenvalue weighted by atomic mass is 9.62. The second-order valence-electron chi connectivity index (χ2n) is 8.80. The Bertz CT molecular complexity index is 538. The Hall–Kier alpha value is -0.860. The van der Waals surface area contributed by atoms with E-state index in [1.807, 2.05) is 0 Å². The molecular formula is C21H33NO. The first-order valence-corrected chi connectivity index (χ1v) is 9.13. The third kappa shape index (κ3) is 2.64. The third-order valence-corrected chi connectivity index (χ3v) is 7.27. The van der Waals surface area contributed by atoms with Gasteiger partial charge in [-0.25, -0.2) is 0 Å². The van der Waals surface area contributed by atoms with Gasteiger partial charge in [-0.1, -0.05) is 51.1 Å². The van der Waals surface area contributed by atoms with Crippen molar-refractivity contribution >= 4 is 0 Å². The van der Waals surface area contributed by atoms with Crippen molar-refractivity contribution in [3.05, 3.63) is 35.9 Å². The highest BCUT2D eigenvalue weighted by atomic mass is 16.5. The van der Waals surface area contributed by atoms with Crippen molar-refractivity contribution in [1.82, 2.24) is 4.90 Å². The maximum Gasteiger partial charge on any atom is 0.0784 e. The zero-order valence-corrected chi connectivity index (χ0v) is 15.6. The Labute approximate surface area is 142 Å². The van der Waals surface area contributed by atoms with Crippen molar-refractivity contribution in [2.24, 2.45) is 16.7 Å². The maximum atomic E-state index is 6.74. The van der Waals surface area contributed by atoms with Crippen LogP contribution in [0.4, 0.5) is 0 Å². The van der Waals surface area contributed by atoms with Gasteiger partial charge in [-0.15, -0.1) is 0 Å². The summed E-state index contributed by atoms with van der Waals surface area (Å²) >= 11 is 0. The molecule has 0 saturated heterocycles. The van der Waals surface area contributed by atoms with Crippen LogP contribution in [0, 0.1) is 16.7 Å². The number of rotatable bonds is 6. The predicted molar refractivity (Wildman–Crippen MR) is 96.6 cm³/mol. The Balaban J connectivity index is 1.89. The quantitative estimate of drug-likeness (QED) is 0.772. The van der Waals surface area contributed by atoms with Gasteiger partial charge in [-0.3, -0.25) is 0 Å². The zero-order valence-electron chi connectivity index (χ0n) is 15.6. The average molecular weight is 316 g/mol. The number of hydrogen-bond acceptors (Lipinski definition) is 2. The Morgan fingerprint density at radius 2 is 1.83 bits per heavy atom. The fourth-order valence-electron chi connectivity index (χ4n) is 5.28. The van der Waals surface area contributed by atoms with Crippen LogP contribution in [0.2, 0.25) is 0 Å². The minimum atomic E-state index is -0.00319. The lowest BCUT2D eigenvalue weighted by Crippen LogP contribution is -2.51. The smallest absolute Gasteiger partial charge is 0.0784 e. The molecule has 3 atom stereocenters. The van der Waals surface area contributed by atoms with Crippen LogP contribution in [0.15, 0.2) is 30.3 Å². The van der Waals surface area contributed by atoms with Crippen molar-refractivity contribution in [2.75, 3.05) is 27.2 Å². The summed E-state index contributed by atoms with van der Waals surface area (Å²) in [5.74, 6) is 0.801. The summed E-state index contributed by atoms with van der Waals surface area (Å²) in [7, 11) is 4.25. The minimum Gasteiger partial charge on any atom is -0.373 e. The number of benzene rings is 1. The lowest BCUT2D eigenvalue weighted by molar-refractivity contribution is -0.140. The van der Waals surface area contributed by atoms with E-state index in [1.54, 1.807) is 0 Å². The van der Waals surface area contributed by atoms with Crippen molar-refractivity contribution in [3.8, 4) is 0 Å². The number of nitrogens with zero attached hydrogens (tertiary/aromatic N) is 1. The molecule has 2 aliphatic rings. The van der Waals surface area contributed by atoms with Gasteiger partial charge in [0.2, 0.25) is 0 Å². The molecule has 128 valence electrons. The average Bonchev–Trinajstić information content (AvgIpc) is 2.80. The van der Waals surface area contributed by atoms with E-state index < -0.39 is 0 Å². The van der Waals surface area contributed by atoms with Gasteiger partial charge in [0, 0.05) is 18.4 Å². The summed E-state index contributed by atoms with van der Waals surface area (Å²) in [6, 6.07) is 10.9. The molecule has 2 nitrogen and oxygen atoms in total. The van der Waals surface area contributed by atoms with Crippen LogP contribution in [0.5, 0.6) is 0 Å². The molecule has 1 aromatic carbocycles. The van der Waals surface area contributed by atoms with Crippen LogP contribution >= 0.6 is 0 Å². The van der Waals surface area contributed by atoms with E-state index in [4.69, 9.17) is 4.74 Å². The summed E-state index contributed by atoms with van der Waals surface area (Å²) in [4.78, 5) is 2.22. The van der Waals surface area contributed by atoms with Crippen molar-refractivity contribution in [2.45, 2.75) is 52.1 Å². The number of fused-ring (bicyclic) bond motifs is 2. The predicted octanol–water partition coefficient (Wildman–Crippen LogP) is 4.39. The van der Waals surface area contributed by atoms with Crippen LogP contribution < -0.4 is 0 Å². The van der Waals surface area contributed by atoms with Crippen LogP contribution in [0.1, 0.15) is 45.6 Å². The van der Waals surface area contributed by atoms with Gasteiger partial charge in [0.05, 0.1) is 12.2 Å². The van der Waals surface area contributed by atoms with Crippen molar-refractivity contribution in [3.63, 3.8) is 0 Å². The van der Waals surface area contributed by atoms with E-state index in [2.05, 4.69) is 70.1 Å². The topological polar surface area (TPSA) is 12.5 Å². The third-order valence-electron chi connectivity index (χ3n) is 7.27. The van der Waals surface area contributed by atoms with E-state index in [1.165, 1.54) is 24.8 Å². The highest BCUT2D eigenvalue weighted by molar-refractivity contribution is 5.25. The largest absolute Gasteiger partial charge is 0.373 e. The molecule has 0 spiro atoms. The number of ether oxygens (including phenoxy) is 1. The molecule has 0 heterocycles. The van der Waals surface area contributed by atoms with E-state index >= 15 is 0 Å². The normalized spacial score (nSPS) is 35.1. The fourth-order valence-corrected chi connectivity index (χ4v) is 5.28. The molecule has 0 unspecified atom stereocenters. The highest BCUT2D eigenvalue weighted by Gasteiger charge is 2.69. The monoisotopic (exact) mass is 315 g/mol. The van der Waals surface area contributed by atoms with Crippen LogP contribution in [0.25, 0.3) is 0 Å². The maximum absolute atomic E-state index is 6.74. The number of hydrogen-bond donors (Lipinski definition) is 0. The van der Waals surface area contributed by atoms with Gasteiger partial charge in [0.25, 0.3) is 0 Å². The SMILES string of the molecule is CN(C)CCO[C@@]1(Cc2ccccc2)C[C@@H]2CC[C@]1(C)C2(C)C. The molecule has 0 aromatic heterocycles. The minimum absolute atomic E-state index is 0.00319. The second kappa shape index (κ2) is 5.89. The molecule has 2 bridgehead atoms. The molecule has 23 heavy (non-hydrogen) atoms.